The molecular weight excluding hydrogens is 718 g/mol. The molecule has 4 heterocycles. The number of nitrogens with two attached hydrogens (primary N) is 2. The van der Waals surface area contributed by atoms with Gasteiger partial charge < -0.3 is 65.8 Å². The first-order valence-electron chi connectivity index (χ1n) is 19.3. The molecule has 0 amide bonds. The summed E-state index contributed by atoms with van der Waals surface area (Å²) >= 11 is 0. The number of hydrogen-bond acceptors (Lipinski definition) is 15. The van der Waals surface area contributed by atoms with Crippen LogP contribution in [0.5, 0.6) is 0 Å². The number of aliphatic hydroxyl groups is 5. The Bertz CT molecular complexity index is 1370. The molecule has 0 aromatic carbocycles. The second-order valence-corrected chi connectivity index (χ2v) is 14.8. The van der Waals surface area contributed by atoms with E-state index in [0.717, 1.165) is 0 Å². The lowest BCUT2D eigenvalue weighted by Gasteiger charge is -2.47. The lowest BCUT2D eigenvalue weighted by Crippen LogP contribution is -2.64. The van der Waals surface area contributed by atoms with Crippen molar-refractivity contribution >= 4 is 11.9 Å². The summed E-state index contributed by atoms with van der Waals surface area (Å²) in [5.41, 5.74) is 11.6. The third-order valence-corrected chi connectivity index (χ3v) is 10.2. The number of aliphatic hydroxyl groups excluding tert-OH is 4. The van der Waals surface area contributed by atoms with Gasteiger partial charge in [0.15, 0.2) is 12.1 Å². The predicted octanol–water partition coefficient (Wildman–Crippen LogP) is 0.161. The molecule has 16 nitrogen and oxygen atoms in total. The van der Waals surface area contributed by atoms with Gasteiger partial charge in [-0.05, 0) is 58.9 Å². The standard InChI is InChI=1S/C39H61N3O13/c1-24-12-8-6-4-3-5-7-9-13-27(53-38-36(47)34(35(46)25(2)52-38)42(18-10-16-40)19-11-17-41)21-31-33(37(48)49)28(44)23-39(50,55-31)22-26(43)20-30-29(54-30)14-15-32(45)51-24/h3-9,13-15,24-31,33-36,38,43-44,46-47,50H,10-12,16-23,40-41H2,1-2H3,(H,48,49)/b4-3+,7-5+,8-6+,13-9+,15-14+/t24-,25-,26+,27+,28+,29-,30-,31+,33-,34+,35-,36+,38+,39-/m1/s1. The van der Waals surface area contributed by atoms with Gasteiger partial charge in [0.25, 0.3) is 0 Å². The maximum Gasteiger partial charge on any atom is 0.330 e. The number of carboxylic acid groups (broad SMARTS) is 1. The average Bonchev–Trinajstić information content (AvgIpc) is 3.85. The highest BCUT2D eigenvalue weighted by molar-refractivity contribution is 5.82. The monoisotopic (exact) mass is 779 g/mol. The van der Waals surface area contributed by atoms with Crippen molar-refractivity contribution in [3.8, 4) is 0 Å². The van der Waals surface area contributed by atoms with E-state index in [1.54, 1.807) is 56.4 Å². The number of aliphatic carboxylic acids is 1. The number of nitrogens with zero attached hydrogens (tertiary/aromatic N) is 1. The van der Waals surface area contributed by atoms with Crippen LogP contribution in [0.2, 0.25) is 0 Å². The van der Waals surface area contributed by atoms with Crippen molar-refractivity contribution in [1.29, 1.82) is 0 Å². The molecule has 16 heteroatoms. The second-order valence-electron chi connectivity index (χ2n) is 14.8. The molecule has 0 aromatic rings. The van der Waals surface area contributed by atoms with Crippen molar-refractivity contribution in [1.82, 2.24) is 4.90 Å². The third kappa shape index (κ3) is 13.7. The Balaban J connectivity index is 1.62. The van der Waals surface area contributed by atoms with Crippen LogP contribution in [0.4, 0.5) is 0 Å². The average molecular weight is 780 g/mol. The highest BCUT2D eigenvalue weighted by Crippen LogP contribution is 2.39. The Kier molecular flexibility index (Phi) is 17.6. The van der Waals surface area contributed by atoms with Gasteiger partial charge in [-0.15, -0.1) is 0 Å². The molecule has 4 aliphatic rings. The summed E-state index contributed by atoms with van der Waals surface area (Å²) < 4.78 is 29.4. The maximum absolute atomic E-state index is 12.5. The zero-order chi connectivity index (χ0) is 40.1. The summed E-state index contributed by atoms with van der Waals surface area (Å²) in [6.07, 6.45) is 6.72. The van der Waals surface area contributed by atoms with E-state index in [-0.39, 0.29) is 25.4 Å². The number of rotatable bonds is 10. The highest BCUT2D eigenvalue weighted by Gasteiger charge is 2.52. The van der Waals surface area contributed by atoms with Gasteiger partial charge in [0, 0.05) is 38.2 Å². The Morgan fingerprint density at radius 3 is 2.25 bits per heavy atom. The van der Waals surface area contributed by atoms with E-state index >= 15 is 0 Å². The largest absolute Gasteiger partial charge is 0.481 e. The van der Waals surface area contributed by atoms with Gasteiger partial charge in [0.1, 0.15) is 24.2 Å². The van der Waals surface area contributed by atoms with Crippen LogP contribution in [0.25, 0.3) is 0 Å². The first-order chi connectivity index (χ1) is 26.2. The molecule has 4 aliphatic heterocycles. The number of ether oxygens (including phenoxy) is 5. The van der Waals surface area contributed by atoms with Crippen LogP contribution in [-0.4, -0.2) is 153 Å². The van der Waals surface area contributed by atoms with Gasteiger partial charge in [-0.2, -0.15) is 0 Å². The molecule has 10 N–H and O–H groups in total. The number of epoxide rings is 1. The molecular formula is C39H61N3O13. The van der Waals surface area contributed by atoms with Crippen LogP contribution in [-0.2, 0) is 33.3 Å². The van der Waals surface area contributed by atoms with Gasteiger partial charge >= 0.3 is 11.9 Å². The second kappa shape index (κ2) is 21.6. The summed E-state index contributed by atoms with van der Waals surface area (Å²) in [6.45, 7) is 5.22. The molecule has 0 radical (unpaired) electrons. The van der Waals surface area contributed by atoms with Crippen molar-refractivity contribution < 1.29 is 63.9 Å². The molecule has 0 aromatic heterocycles. The minimum atomic E-state index is -2.12. The maximum atomic E-state index is 12.5. The molecule has 0 unspecified atom stereocenters. The molecule has 0 saturated carbocycles. The Labute approximate surface area is 322 Å². The van der Waals surface area contributed by atoms with E-state index in [1.165, 1.54) is 6.08 Å². The number of fused-ring (bicyclic) bond motifs is 3. The molecule has 4 rings (SSSR count). The van der Waals surface area contributed by atoms with E-state index < -0.39 is 97.3 Å². The molecule has 0 aliphatic carbocycles. The van der Waals surface area contributed by atoms with Crippen molar-refractivity contribution in [2.75, 3.05) is 26.2 Å². The van der Waals surface area contributed by atoms with Gasteiger partial charge in [0.05, 0.1) is 48.8 Å². The number of cyclic esters (lactones) is 1. The van der Waals surface area contributed by atoms with Gasteiger partial charge in [-0.3, -0.25) is 9.69 Å². The van der Waals surface area contributed by atoms with Crippen molar-refractivity contribution in [3.05, 3.63) is 60.8 Å². The third-order valence-electron chi connectivity index (χ3n) is 10.2. The van der Waals surface area contributed by atoms with Crippen LogP contribution >= 0.6 is 0 Å². The van der Waals surface area contributed by atoms with Crippen LogP contribution in [0, 0.1) is 5.92 Å². The molecule has 310 valence electrons. The van der Waals surface area contributed by atoms with E-state index in [1.807, 2.05) is 17.1 Å². The topological polar surface area (TPSA) is 260 Å². The number of esters is 1. The minimum absolute atomic E-state index is 0.0735. The van der Waals surface area contributed by atoms with E-state index in [9.17, 15) is 40.2 Å². The summed E-state index contributed by atoms with van der Waals surface area (Å²) in [5.74, 6) is -5.48. The zero-order valence-electron chi connectivity index (χ0n) is 31.7. The molecule has 55 heavy (non-hydrogen) atoms. The summed E-state index contributed by atoms with van der Waals surface area (Å²) in [5, 5.41) is 66.6. The highest BCUT2D eigenvalue weighted by atomic mass is 16.7. The fourth-order valence-corrected chi connectivity index (χ4v) is 7.38. The van der Waals surface area contributed by atoms with Crippen molar-refractivity contribution in [3.63, 3.8) is 0 Å². The van der Waals surface area contributed by atoms with Crippen molar-refractivity contribution in [2.24, 2.45) is 17.4 Å². The number of carboxylic acids is 1. The number of carbonyl (C=O) groups excluding carboxylic acids is 1. The summed E-state index contributed by atoms with van der Waals surface area (Å²) in [7, 11) is 0. The smallest absolute Gasteiger partial charge is 0.330 e. The first-order valence-corrected chi connectivity index (χ1v) is 19.3. The summed E-state index contributed by atoms with van der Waals surface area (Å²) in [6, 6.07) is -0.796. The van der Waals surface area contributed by atoms with Gasteiger partial charge in [0.2, 0.25) is 0 Å². The number of allylic oxidation sites excluding steroid dienone is 6. The van der Waals surface area contributed by atoms with Crippen LogP contribution in [0.3, 0.4) is 0 Å². The van der Waals surface area contributed by atoms with E-state index in [0.29, 0.717) is 45.4 Å². The van der Waals surface area contributed by atoms with Crippen LogP contribution in [0.15, 0.2) is 60.8 Å². The fourth-order valence-electron chi connectivity index (χ4n) is 7.38. The van der Waals surface area contributed by atoms with E-state index in [2.05, 4.69) is 0 Å². The lowest BCUT2D eigenvalue weighted by atomic mass is 9.83. The minimum Gasteiger partial charge on any atom is -0.481 e. The Hall–Kier alpha value is -2.84. The molecule has 3 saturated heterocycles. The Morgan fingerprint density at radius 1 is 0.909 bits per heavy atom. The van der Waals surface area contributed by atoms with Crippen LogP contribution in [0.1, 0.15) is 58.8 Å². The molecule has 0 spiro atoms. The summed E-state index contributed by atoms with van der Waals surface area (Å²) in [4.78, 5) is 26.7. The van der Waals surface area contributed by atoms with E-state index in [4.69, 9.17) is 35.2 Å². The molecule has 3 fully saturated rings. The predicted molar refractivity (Wildman–Crippen MR) is 200 cm³/mol. The quantitative estimate of drug-likeness (QED) is 0.109. The number of carbonyl (C=O) groups is 2. The SMILES string of the molecule is C[C@@H]1C/C=C/C=C/C=C/C=C/[C@H](O[C@@H]2O[C@H](C)[C@@H](O)[C@H](N(CCCN)CCCN)[C@@H]2O)C[C@@H]2O[C@](O)(C[C@@H](O)C[C@H]3O[C@@H]3/C=C/C(=O)O1)C[C@H](O)[C@H]2C(=O)O. The van der Waals surface area contributed by atoms with Gasteiger partial charge in [-0.25, -0.2) is 4.79 Å². The molecule has 14 atom stereocenters. The van der Waals surface area contributed by atoms with Gasteiger partial charge in [-0.1, -0.05) is 48.6 Å². The first kappa shape index (κ1) is 44.9. The van der Waals surface area contributed by atoms with Crippen molar-refractivity contribution in [2.45, 2.75) is 138 Å². The zero-order valence-corrected chi connectivity index (χ0v) is 31.7. The Morgan fingerprint density at radius 2 is 1.58 bits per heavy atom. The number of hydrogen-bond donors (Lipinski definition) is 8. The normalized spacial score (nSPS) is 42.2. The van der Waals surface area contributed by atoms with Crippen LogP contribution < -0.4 is 11.5 Å². The lowest BCUT2D eigenvalue weighted by molar-refractivity contribution is -0.311. The molecule has 2 bridgehead atoms. The fraction of sp³-hybridized carbons (Fsp3) is 0.692.